The lowest BCUT2D eigenvalue weighted by atomic mass is 10.2. The van der Waals surface area contributed by atoms with Gasteiger partial charge in [0, 0.05) is 32.1 Å². The third-order valence-electron chi connectivity index (χ3n) is 2.67. The molecule has 2 fully saturated rings. The average Bonchev–Trinajstić information content (AvgIpc) is 2.47. The predicted molar refractivity (Wildman–Crippen MR) is 42.4 cm³/mol. The summed E-state index contributed by atoms with van der Waals surface area (Å²) in [6.07, 6.45) is 2.46. The molecule has 2 heterocycles. The van der Waals surface area contributed by atoms with E-state index in [1.54, 1.807) is 4.90 Å². The van der Waals surface area contributed by atoms with E-state index >= 15 is 0 Å². The van der Waals surface area contributed by atoms with E-state index in [1.807, 2.05) is 4.90 Å². The topological polar surface area (TPSA) is 40.6 Å². The van der Waals surface area contributed by atoms with E-state index in [1.165, 1.54) is 0 Å². The van der Waals surface area contributed by atoms with Gasteiger partial charge in [0.1, 0.15) is 0 Å². The minimum atomic E-state index is 0.255. The van der Waals surface area contributed by atoms with Crippen LogP contribution in [0.15, 0.2) is 0 Å². The summed E-state index contributed by atoms with van der Waals surface area (Å²) >= 11 is 0. The van der Waals surface area contributed by atoms with Crippen molar-refractivity contribution in [1.82, 2.24) is 9.80 Å². The lowest BCUT2D eigenvalue weighted by Gasteiger charge is -2.35. The highest BCUT2D eigenvalue weighted by Crippen LogP contribution is 2.21. The van der Waals surface area contributed by atoms with Gasteiger partial charge in [-0.05, 0) is 6.42 Å². The van der Waals surface area contributed by atoms with E-state index in [-0.39, 0.29) is 5.91 Å². The van der Waals surface area contributed by atoms with Crippen LogP contribution in [0, 0.1) is 0 Å². The van der Waals surface area contributed by atoms with Crippen molar-refractivity contribution in [2.45, 2.75) is 18.9 Å². The second-order valence-electron chi connectivity index (χ2n) is 3.38. The largest absolute Gasteiger partial charge is 0.341 e. The van der Waals surface area contributed by atoms with Gasteiger partial charge >= 0.3 is 0 Å². The van der Waals surface area contributed by atoms with Gasteiger partial charge in [0.05, 0.1) is 0 Å². The Balaban J connectivity index is 2.03. The molecule has 2 amide bonds. The van der Waals surface area contributed by atoms with Gasteiger partial charge in [-0.2, -0.15) is 0 Å². The normalized spacial score (nSPS) is 29.0. The number of carbonyl (C=O) groups is 2. The summed E-state index contributed by atoms with van der Waals surface area (Å²) < 4.78 is 0. The van der Waals surface area contributed by atoms with Gasteiger partial charge in [0.15, 0.2) is 0 Å². The zero-order chi connectivity index (χ0) is 8.55. The monoisotopic (exact) mass is 168 g/mol. The van der Waals surface area contributed by atoms with Gasteiger partial charge in [-0.25, -0.2) is 0 Å². The first kappa shape index (κ1) is 7.58. The summed E-state index contributed by atoms with van der Waals surface area (Å²) in [5.41, 5.74) is 0. The van der Waals surface area contributed by atoms with Gasteiger partial charge in [0.25, 0.3) is 0 Å². The van der Waals surface area contributed by atoms with E-state index < -0.39 is 0 Å². The molecular weight excluding hydrogens is 156 g/mol. The van der Waals surface area contributed by atoms with Crippen LogP contribution >= 0.6 is 0 Å². The van der Waals surface area contributed by atoms with E-state index in [4.69, 9.17) is 0 Å². The fourth-order valence-electron chi connectivity index (χ4n) is 1.98. The molecule has 4 heteroatoms. The lowest BCUT2D eigenvalue weighted by molar-refractivity contribution is -0.133. The molecule has 2 aliphatic heterocycles. The average molecular weight is 168 g/mol. The molecule has 0 aromatic carbocycles. The molecule has 1 unspecified atom stereocenters. The van der Waals surface area contributed by atoms with E-state index in [2.05, 4.69) is 0 Å². The molecule has 0 radical (unpaired) electrons. The van der Waals surface area contributed by atoms with Crippen molar-refractivity contribution in [3.8, 4) is 0 Å². The molecule has 0 N–H and O–H groups in total. The first-order chi connectivity index (χ1) is 5.81. The molecule has 2 rings (SSSR count). The molecule has 4 nitrogen and oxygen atoms in total. The van der Waals surface area contributed by atoms with Gasteiger partial charge in [-0.15, -0.1) is 0 Å². The third-order valence-corrected chi connectivity index (χ3v) is 2.67. The summed E-state index contributed by atoms with van der Waals surface area (Å²) in [7, 11) is 0. The SMILES string of the molecule is O=CN1CCN2C(=O)CCC2C1. The fourth-order valence-corrected chi connectivity index (χ4v) is 1.98. The Labute approximate surface area is 71.1 Å². The first-order valence-corrected chi connectivity index (χ1v) is 4.30. The number of fused-ring (bicyclic) bond motifs is 1. The summed E-state index contributed by atoms with van der Waals surface area (Å²) in [6.45, 7) is 2.16. The Morgan fingerprint density at radius 3 is 3.00 bits per heavy atom. The molecule has 2 aliphatic rings. The number of hydrogen-bond donors (Lipinski definition) is 0. The number of nitrogens with zero attached hydrogens (tertiary/aromatic N) is 2. The van der Waals surface area contributed by atoms with Crippen LogP contribution in [0.3, 0.4) is 0 Å². The molecule has 66 valence electrons. The maximum atomic E-state index is 11.2. The Kier molecular flexibility index (Phi) is 1.75. The molecule has 0 bridgehead atoms. The van der Waals surface area contributed by atoms with Crippen LogP contribution in [0.5, 0.6) is 0 Å². The summed E-state index contributed by atoms with van der Waals surface area (Å²) in [6, 6.07) is 0.302. The predicted octanol–water partition coefficient (Wildman–Crippen LogP) is -0.551. The third kappa shape index (κ3) is 1.07. The number of rotatable bonds is 1. The molecular formula is C8H12N2O2. The Bertz CT molecular complexity index is 217. The molecule has 0 aliphatic carbocycles. The van der Waals surface area contributed by atoms with Gasteiger partial charge in [0.2, 0.25) is 12.3 Å². The second-order valence-corrected chi connectivity index (χ2v) is 3.38. The highest BCUT2D eigenvalue weighted by Gasteiger charge is 2.34. The van der Waals surface area contributed by atoms with Crippen molar-refractivity contribution in [3.05, 3.63) is 0 Å². The zero-order valence-electron chi connectivity index (χ0n) is 6.90. The molecule has 0 aromatic rings. The Morgan fingerprint density at radius 2 is 2.25 bits per heavy atom. The molecule has 12 heavy (non-hydrogen) atoms. The summed E-state index contributed by atoms with van der Waals surface area (Å²) in [5.74, 6) is 0.255. The standard InChI is InChI=1S/C8H12N2O2/c11-6-9-3-4-10-7(5-9)1-2-8(10)12/h6-7H,1-5H2. The van der Waals surface area contributed by atoms with E-state index in [0.717, 1.165) is 25.9 Å². The maximum Gasteiger partial charge on any atom is 0.223 e. The number of piperazine rings is 1. The van der Waals surface area contributed by atoms with E-state index in [9.17, 15) is 9.59 Å². The van der Waals surface area contributed by atoms with Crippen molar-refractivity contribution < 1.29 is 9.59 Å². The van der Waals surface area contributed by atoms with Crippen molar-refractivity contribution in [3.63, 3.8) is 0 Å². The molecule has 0 spiro atoms. The van der Waals surface area contributed by atoms with Crippen LogP contribution in [0.4, 0.5) is 0 Å². The quantitative estimate of drug-likeness (QED) is 0.493. The summed E-state index contributed by atoms with van der Waals surface area (Å²) in [4.78, 5) is 25.3. The number of hydrogen-bond acceptors (Lipinski definition) is 2. The molecule has 2 saturated heterocycles. The van der Waals surface area contributed by atoms with Gasteiger partial charge in [-0.3, -0.25) is 9.59 Å². The van der Waals surface area contributed by atoms with Crippen molar-refractivity contribution >= 4 is 12.3 Å². The van der Waals surface area contributed by atoms with Crippen LogP contribution < -0.4 is 0 Å². The van der Waals surface area contributed by atoms with Crippen molar-refractivity contribution in [1.29, 1.82) is 0 Å². The Morgan fingerprint density at radius 1 is 1.42 bits per heavy atom. The minimum absolute atomic E-state index is 0.255. The lowest BCUT2D eigenvalue weighted by Crippen LogP contribution is -2.50. The molecule has 0 saturated carbocycles. The van der Waals surface area contributed by atoms with Gasteiger partial charge in [-0.1, -0.05) is 0 Å². The molecule has 1 atom stereocenters. The fraction of sp³-hybridized carbons (Fsp3) is 0.750. The molecule has 0 aromatic heterocycles. The van der Waals surface area contributed by atoms with Crippen LogP contribution in [0.2, 0.25) is 0 Å². The van der Waals surface area contributed by atoms with Gasteiger partial charge < -0.3 is 9.80 Å². The van der Waals surface area contributed by atoms with Crippen LogP contribution in [0.1, 0.15) is 12.8 Å². The smallest absolute Gasteiger partial charge is 0.223 e. The van der Waals surface area contributed by atoms with Crippen molar-refractivity contribution in [2.24, 2.45) is 0 Å². The van der Waals surface area contributed by atoms with Crippen LogP contribution in [-0.2, 0) is 9.59 Å². The maximum absolute atomic E-state index is 11.2. The second kappa shape index (κ2) is 2.77. The minimum Gasteiger partial charge on any atom is -0.341 e. The van der Waals surface area contributed by atoms with Crippen LogP contribution in [-0.4, -0.2) is 47.8 Å². The first-order valence-electron chi connectivity index (χ1n) is 4.30. The number of amides is 2. The highest BCUT2D eigenvalue weighted by molar-refractivity contribution is 5.79. The zero-order valence-corrected chi connectivity index (χ0v) is 6.90. The highest BCUT2D eigenvalue weighted by atomic mass is 16.2. The van der Waals surface area contributed by atoms with E-state index in [0.29, 0.717) is 19.0 Å². The number of carbonyl (C=O) groups excluding carboxylic acids is 2. The van der Waals surface area contributed by atoms with Crippen molar-refractivity contribution in [2.75, 3.05) is 19.6 Å². The summed E-state index contributed by atoms with van der Waals surface area (Å²) in [5, 5.41) is 0. The Hall–Kier alpha value is -1.06. The van der Waals surface area contributed by atoms with Crippen LogP contribution in [0.25, 0.3) is 0 Å².